The number of amides is 1. The predicted octanol–water partition coefficient (Wildman–Crippen LogP) is 6.60. The van der Waals surface area contributed by atoms with Gasteiger partial charge in [0.25, 0.3) is 5.91 Å². The quantitative estimate of drug-likeness (QED) is 0.268. The van der Waals surface area contributed by atoms with Crippen LogP contribution in [0.1, 0.15) is 10.5 Å². The lowest BCUT2D eigenvalue weighted by atomic mass is 10.1. The maximum Gasteiger partial charge on any atom is 0.271 e. The van der Waals surface area contributed by atoms with Crippen molar-refractivity contribution in [2.24, 2.45) is 0 Å². The molecule has 6 nitrogen and oxygen atoms in total. The van der Waals surface area contributed by atoms with Gasteiger partial charge in [0.1, 0.15) is 22.2 Å². The molecule has 5 aromatic rings. The van der Waals surface area contributed by atoms with Gasteiger partial charge in [-0.1, -0.05) is 23.7 Å². The van der Waals surface area contributed by atoms with E-state index in [0.717, 1.165) is 10.9 Å². The van der Waals surface area contributed by atoms with Crippen molar-refractivity contribution in [1.29, 1.82) is 0 Å². The van der Waals surface area contributed by atoms with Gasteiger partial charge in [-0.15, -0.1) is 0 Å². The lowest BCUT2D eigenvalue weighted by Gasteiger charge is -2.10. The van der Waals surface area contributed by atoms with Gasteiger partial charge < -0.3 is 9.32 Å². The number of aromatic nitrogens is 3. The number of fused-ring (bicyclic) bond motifs is 1. The Hall–Kier alpha value is -3.75. The summed E-state index contributed by atoms with van der Waals surface area (Å²) in [6.45, 7) is 0. The Labute approximate surface area is 209 Å². The molecule has 0 unspecified atom stereocenters. The number of benzene rings is 2. The molecule has 0 bridgehead atoms. The molecule has 3 aromatic heterocycles. The third kappa shape index (κ3) is 4.89. The van der Waals surface area contributed by atoms with E-state index in [9.17, 15) is 9.18 Å². The second-order valence-electron chi connectivity index (χ2n) is 7.88. The van der Waals surface area contributed by atoms with Gasteiger partial charge in [-0.05, 0) is 66.4 Å². The van der Waals surface area contributed by atoms with E-state index in [2.05, 4.69) is 9.97 Å². The minimum atomic E-state index is -0.338. The van der Waals surface area contributed by atoms with Crippen molar-refractivity contribution >= 4 is 40.2 Å². The Balaban J connectivity index is 1.58. The predicted molar refractivity (Wildman–Crippen MR) is 134 cm³/mol. The number of nitrogens with zero attached hydrogens (tertiary/aromatic N) is 4. The number of hydrogen-bond acceptors (Lipinski definition) is 6. The Bertz CT molecular complexity index is 1540. The van der Waals surface area contributed by atoms with Crippen LogP contribution in [0.25, 0.3) is 33.6 Å². The molecule has 174 valence electrons. The van der Waals surface area contributed by atoms with Gasteiger partial charge in [0, 0.05) is 36.8 Å². The molecule has 0 aliphatic rings. The molecule has 0 radical (unpaired) electrons. The van der Waals surface area contributed by atoms with Crippen molar-refractivity contribution < 1.29 is 13.6 Å². The first kappa shape index (κ1) is 23.0. The molecule has 0 spiro atoms. The van der Waals surface area contributed by atoms with E-state index in [-0.39, 0.29) is 11.7 Å². The van der Waals surface area contributed by atoms with Crippen LogP contribution in [0.2, 0.25) is 5.02 Å². The fourth-order valence-electron chi connectivity index (χ4n) is 3.41. The van der Waals surface area contributed by atoms with Crippen LogP contribution in [0.3, 0.4) is 0 Å². The van der Waals surface area contributed by atoms with Crippen LogP contribution in [0, 0.1) is 5.82 Å². The molecule has 0 aliphatic carbocycles. The number of rotatable bonds is 5. The first-order valence-corrected chi connectivity index (χ1v) is 11.8. The van der Waals surface area contributed by atoms with E-state index >= 15 is 0 Å². The summed E-state index contributed by atoms with van der Waals surface area (Å²) in [4.78, 5) is 27.3. The summed E-state index contributed by atoms with van der Waals surface area (Å²) in [5.74, 6) is -0.137. The normalized spacial score (nSPS) is 11.1. The molecule has 0 N–H and O–H groups in total. The SMILES string of the molecule is CN(C)C(=O)c1ccc2cc(-c3nc(-c4ccc(F)cc4)oc3Sc3ccc(Cl)cn3)ccc2n1. The Morgan fingerprint density at radius 1 is 0.971 bits per heavy atom. The van der Waals surface area contributed by atoms with Crippen molar-refractivity contribution in [2.75, 3.05) is 14.1 Å². The van der Waals surface area contributed by atoms with Crippen LogP contribution < -0.4 is 0 Å². The van der Waals surface area contributed by atoms with Crippen LogP contribution >= 0.6 is 23.4 Å². The van der Waals surface area contributed by atoms with Gasteiger partial charge in [-0.2, -0.15) is 0 Å². The van der Waals surface area contributed by atoms with E-state index in [1.807, 2.05) is 24.3 Å². The van der Waals surface area contributed by atoms with Gasteiger partial charge in [-0.25, -0.2) is 19.3 Å². The molecule has 5 rings (SSSR count). The molecule has 0 saturated heterocycles. The third-order valence-electron chi connectivity index (χ3n) is 5.17. The standard InChI is InChI=1S/C26H18ClFN4O2S/c1-32(2)25(33)21-11-5-16-13-17(6-10-20(16)30-21)23-26(35-22-12-7-18(27)14-29-22)34-24(31-23)15-3-8-19(28)9-4-15/h3-14H,1-2H3. The average molecular weight is 505 g/mol. The number of oxazole rings is 1. The van der Waals surface area contributed by atoms with Gasteiger partial charge in [0.05, 0.1) is 10.5 Å². The Morgan fingerprint density at radius 3 is 2.46 bits per heavy atom. The van der Waals surface area contributed by atoms with Crippen LogP contribution in [0.5, 0.6) is 0 Å². The van der Waals surface area contributed by atoms with E-state index in [0.29, 0.717) is 43.5 Å². The van der Waals surface area contributed by atoms with E-state index in [4.69, 9.17) is 21.0 Å². The number of carbonyl (C=O) groups is 1. The summed E-state index contributed by atoms with van der Waals surface area (Å²) < 4.78 is 19.5. The molecule has 3 heterocycles. The van der Waals surface area contributed by atoms with Crippen molar-refractivity contribution in [3.05, 3.63) is 89.5 Å². The third-order valence-corrected chi connectivity index (χ3v) is 6.31. The smallest absolute Gasteiger partial charge is 0.271 e. The lowest BCUT2D eigenvalue weighted by Crippen LogP contribution is -2.22. The first-order valence-electron chi connectivity index (χ1n) is 10.6. The highest BCUT2D eigenvalue weighted by atomic mass is 35.5. The van der Waals surface area contributed by atoms with Gasteiger partial charge >= 0.3 is 0 Å². The van der Waals surface area contributed by atoms with E-state index < -0.39 is 0 Å². The zero-order valence-corrected chi connectivity index (χ0v) is 20.3. The number of carbonyl (C=O) groups excluding carboxylic acids is 1. The molecule has 0 saturated carbocycles. The molecule has 0 aliphatic heterocycles. The molecule has 0 fully saturated rings. The summed E-state index contributed by atoms with van der Waals surface area (Å²) >= 11 is 7.29. The van der Waals surface area contributed by atoms with Gasteiger partial charge in [0.2, 0.25) is 5.89 Å². The minimum Gasteiger partial charge on any atom is -0.429 e. The molecule has 35 heavy (non-hydrogen) atoms. The monoisotopic (exact) mass is 504 g/mol. The zero-order valence-electron chi connectivity index (χ0n) is 18.7. The topological polar surface area (TPSA) is 72.1 Å². The fraction of sp³-hybridized carbons (Fsp3) is 0.0769. The summed E-state index contributed by atoms with van der Waals surface area (Å²) in [5, 5.41) is 2.61. The summed E-state index contributed by atoms with van der Waals surface area (Å²) in [6, 6.07) is 18.7. The molecule has 2 aromatic carbocycles. The van der Waals surface area contributed by atoms with Crippen molar-refractivity contribution in [3.63, 3.8) is 0 Å². The van der Waals surface area contributed by atoms with Crippen molar-refractivity contribution in [1.82, 2.24) is 19.9 Å². The molecule has 9 heteroatoms. The average Bonchev–Trinajstić information content (AvgIpc) is 3.28. The first-order chi connectivity index (χ1) is 16.9. The van der Waals surface area contributed by atoms with Crippen LogP contribution in [0.15, 0.2) is 87.5 Å². The number of hydrogen-bond donors (Lipinski definition) is 0. The maximum atomic E-state index is 13.4. The molecular formula is C26H18ClFN4O2S. The second kappa shape index (κ2) is 9.48. The molecule has 0 atom stereocenters. The highest BCUT2D eigenvalue weighted by molar-refractivity contribution is 7.99. The van der Waals surface area contributed by atoms with Crippen LogP contribution in [0.4, 0.5) is 4.39 Å². The van der Waals surface area contributed by atoms with Crippen molar-refractivity contribution in [2.45, 2.75) is 10.1 Å². The van der Waals surface area contributed by atoms with Crippen molar-refractivity contribution in [3.8, 4) is 22.7 Å². The molecule has 1 amide bonds. The highest BCUT2D eigenvalue weighted by Gasteiger charge is 2.19. The Kier molecular flexibility index (Phi) is 6.23. The van der Waals surface area contributed by atoms with Crippen LogP contribution in [-0.4, -0.2) is 39.9 Å². The summed E-state index contributed by atoms with van der Waals surface area (Å²) in [7, 11) is 3.38. The fourth-order valence-corrected chi connectivity index (χ4v) is 4.34. The van der Waals surface area contributed by atoms with Crippen LogP contribution in [-0.2, 0) is 0 Å². The number of pyridine rings is 2. The Morgan fingerprint density at radius 2 is 1.74 bits per heavy atom. The second-order valence-corrected chi connectivity index (χ2v) is 9.31. The van der Waals surface area contributed by atoms with Gasteiger partial charge in [-0.3, -0.25) is 4.79 Å². The van der Waals surface area contributed by atoms with Gasteiger partial charge in [0.15, 0.2) is 5.09 Å². The largest absolute Gasteiger partial charge is 0.429 e. The highest BCUT2D eigenvalue weighted by Crippen LogP contribution is 2.39. The zero-order chi connectivity index (χ0) is 24.5. The van der Waals surface area contributed by atoms with E-state index in [1.165, 1.54) is 28.8 Å². The lowest BCUT2D eigenvalue weighted by molar-refractivity contribution is 0.0822. The molecular weight excluding hydrogens is 487 g/mol. The van der Waals surface area contributed by atoms with E-state index in [1.54, 1.807) is 50.6 Å². The maximum absolute atomic E-state index is 13.4. The summed E-state index contributed by atoms with van der Waals surface area (Å²) in [5.41, 5.74) is 3.14. The number of halogens is 2. The minimum absolute atomic E-state index is 0.162. The summed E-state index contributed by atoms with van der Waals surface area (Å²) in [6.07, 6.45) is 1.56.